The summed E-state index contributed by atoms with van der Waals surface area (Å²) < 4.78 is 0. The van der Waals surface area contributed by atoms with Crippen molar-refractivity contribution in [1.29, 1.82) is 0 Å². The number of hydrogen-bond donors (Lipinski definition) is 1. The van der Waals surface area contributed by atoms with E-state index in [0.717, 1.165) is 23.4 Å². The number of rotatable bonds is 4. The van der Waals surface area contributed by atoms with Gasteiger partial charge in [-0.2, -0.15) is 0 Å². The smallest absolute Gasteiger partial charge is 0.249 e. The molecule has 26 heavy (non-hydrogen) atoms. The van der Waals surface area contributed by atoms with Crippen LogP contribution in [-0.4, -0.2) is 74.5 Å². The van der Waals surface area contributed by atoms with Crippen molar-refractivity contribution in [3.63, 3.8) is 0 Å². The van der Waals surface area contributed by atoms with E-state index in [1.165, 1.54) is 5.57 Å². The molecule has 3 heterocycles. The van der Waals surface area contributed by atoms with Crippen LogP contribution in [0.3, 0.4) is 0 Å². The highest BCUT2D eigenvalue weighted by atomic mass is 16.1. The van der Waals surface area contributed by atoms with Crippen LogP contribution in [0, 0.1) is 0 Å². The summed E-state index contributed by atoms with van der Waals surface area (Å²) in [7, 11) is 6.06. The van der Waals surface area contributed by atoms with E-state index in [1.54, 1.807) is 6.21 Å². The van der Waals surface area contributed by atoms with Gasteiger partial charge in [0.2, 0.25) is 5.91 Å². The fraction of sp³-hybridized carbons (Fsp3) is 0.350. The summed E-state index contributed by atoms with van der Waals surface area (Å²) >= 11 is 0. The number of nitrogens with one attached hydrogen (secondary N) is 1. The number of hydrogen-bond acceptors (Lipinski definition) is 5. The van der Waals surface area contributed by atoms with Gasteiger partial charge in [0.25, 0.3) is 0 Å². The second kappa shape index (κ2) is 6.53. The molecule has 3 aliphatic heterocycles. The van der Waals surface area contributed by atoms with E-state index in [9.17, 15) is 4.79 Å². The first-order valence-corrected chi connectivity index (χ1v) is 8.83. The van der Waals surface area contributed by atoms with Crippen molar-refractivity contribution < 1.29 is 4.79 Å². The average Bonchev–Trinajstić information content (AvgIpc) is 2.94. The third-order valence-electron chi connectivity index (χ3n) is 5.09. The SMILES string of the molecule is CN(C)CCNC(=O)C1=CC2=C3C=CN=CC3N(C)C2=C2C=CC=NC12. The summed E-state index contributed by atoms with van der Waals surface area (Å²) in [6.45, 7) is 1.42. The molecule has 1 amide bonds. The van der Waals surface area contributed by atoms with Crippen LogP contribution in [0.1, 0.15) is 0 Å². The Kier molecular flexibility index (Phi) is 4.20. The van der Waals surface area contributed by atoms with Crippen LogP contribution in [0.25, 0.3) is 0 Å². The number of aliphatic imine (C=N–C) groups is 2. The van der Waals surface area contributed by atoms with Gasteiger partial charge in [0, 0.05) is 55.5 Å². The van der Waals surface area contributed by atoms with Crippen LogP contribution in [0.15, 0.2) is 68.5 Å². The van der Waals surface area contributed by atoms with Gasteiger partial charge in [0.15, 0.2) is 0 Å². The molecule has 2 unspecified atom stereocenters. The monoisotopic (exact) mass is 349 g/mol. The van der Waals surface area contributed by atoms with Gasteiger partial charge >= 0.3 is 0 Å². The lowest BCUT2D eigenvalue weighted by Crippen LogP contribution is -2.37. The second-order valence-electron chi connectivity index (χ2n) is 7.06. The first-order valence-electron chi connectivity index (χ1n) is 8.83. The molecule has 0 spiro atoms. The van der Waals surface area contributed by atoms with Crippen molar-refractivity contribution in [2.45, 2.75) is 12.1 Å². The third kappa shape index (κ3) is 2.66. The Morgan fingerprint density at radius 2 is 2.15 bits per heavy atom. The molecular formula is C20H23N5O. The first kappa shape index (κ1) is 16.7. The molecule has 0 fully saturated rings. The molecule has 4 rings (SSSR count). The Hall–Kier alpha value is -2.73. The van der Waals surface area contributed by atoms with Crippen molar-refractivity contribution >= 4 is 18.3 Å². The van der Waals surface area contributed by atoms with E-state index in [2.05, 4.69) is 33.3 Å². The lowest BCUT2D eigenvalue weighted by Gasteiger charge is -2.30. The van der Waals surface area contributed by atoms with E-state index < -0.39 is 0 Å². The lowest BCUT2D eigenvalue weighted by atomic mass is 9.85. The van der Waals surface area contributed by atoms with Gasteiger partial charge in [-0.3, -0.25) is 14.8 Å². The van der Waals surface area contributed by atoms with Gasteiger partial charge in [-0.15, -0.1) is 0 Å². The Morgan fingerprint density at radius 1 is 1.31 bits per heavy atom. The van der Waals surface area contributed by atoms with E-state index in [0.29, 0.717) is 12.1 Å². The molecule has 0 radical (unpaired) electrons. The normalized spacial score (nSPS) is 25.5. The second-order valence-corrected chi connectivity index (χ2v) is 7.06. The molecule has 2 atom stereocenters. The predicted octanol–water partition coefficient (Wildman–Crippen LogP) is 1.08. The Bertz CT molecular complexity index is 853. The number of carbonyl (C=O) groups is 1. The van der Waals surface area contributed by atoms with E-state index in [-0.39, 0.29) is 18.0 Å². The minimum absolute atomic E-state index is 0.0477. The summed E-state index contributed by atoms with van der Waals surface area (Å²) in [5, 5.41) is 3.03. The molecule has 0 aromatic carbocycles. The highest BCUT2D eigenvalue weighted by Crippen LogP contribution is 2.43. The minimum atomic E-state index is -0.248. The Morgan fingerprint density at radius 3 is 2.96 bits per heavy atom. The quantitative estimate of drug-likeness (QED) is 0.826. The molecular weight excluding hydrogens is 326 g/mol. The minimum Gasteiger partial charge on any atom is -0.362 e. The number of dihydropyridines is 1. The largest absolute Gasteiger partial charge is 0.362 e. The van der Waals surface area contributed by atoms with E-state index in [4.69, 9.17) is 0 Å². The van der Waals surface area contributed by atoms with Crippen molar-refractivity contribution in [2.75, 3.05) is 34.2 Å². The summed E-state index contributed by atoms with van der Waals surface area (Å²) in [5.74, 6) is -0.0477. The van der Waals surface area contributed by atoms with Crippen LogP contribution < -0.4 is 5.32 Å². The lowest BCUT2D eigenvalue weighted by molar-refractivity contribution is -0.117. The molecule has 0 saturated heterocycles. The molecule has 1 N–H and O–H groups in total. The predicted molar refractivity (Wildman–Crippen MR) is 104 cm³/mol. The van der Waals surface area contributed by atoms with Crippen molar-refractivity contribution in [2.24, 2.45) is 9.98 Å². The molecule has 6 nitrogen and oxygen atoms in total. The summed E-state index contributed by atoms with van der Waals surface area (Å²) in [6.07, 6.45) is 13.6. The Balaban J connectivity index is 1.73. The number of allylic oxidation sites excluding steroid dienone is 2. The van der Waals surface area contributed by atoms with E-state index >= 15 is 0 Å². The number of carbonyl (C=O) groups excluding carboxylic acids is 1. The number of amides is 1. The van der Waals surface area contributed by atoms with Crippen molar-refractivity contribution in [3.8, 4) is 0 Å². The molecule has 0 saturated carbocycles. The van der Waals surface area contributed by atoms with Gasteiger partial charge in [-0.1, -0.05) is 6.08 Å². The maximum atomic E-state index is 12.9. The molecule has 4 aliphatic rings. The molecule has 6 heteroatoms. The van der Waals surface area contributed by atoms with Crippen LogP contribution in [-0.2, 0) is 4.79 Å². The molecule has 0 bridgehead atoms. The standard InChI is InChI=1S/C20H23N5O/c1-24(2)10-9-23-20(26)16-11-15-13-6-8-21-12-17(13)25(3)19(15)14-5-4-7-22-18(14)16/h4-8,11-12,17-18H,9-10H2,1-3H3,(H,23,26). The van der Waals surface area contributed by atoms with Gasteiger partial charge in [-0.25, -0.2) is 0 Å². The van der Waals surface area contributed by atoms with Crippen molar-refractivity contribution in [3.05, 3.63) is 58.5 Å². The summed E-state index contributed by atoms with van der Waals surface area (Å²) in [5.41, 5.74) is 5.21. The fourth-order valence-electron chi connectivity index (χ4n) is 3.80. The molecule has 0 aromatic rings. The zero-order chi connectivity index (χ0) is 18.3. The molecule has 0 aromatic heterocycles. The number of fused-ring (bicyclic) bond motifs is 3. The summed E-state index contributed by atoms with van der Waals surface area (Å²) in [4.78, 5) is 26.0. The molecule has 134 valence electrons. The van der Waals surface area contributed by atoms with Crippen molar-refractivity contribution in [1.82, 2.24) is 15.1 Å². The van der Waals surface area contributed by atoms with E-state index in [1.807, 2.05) is 49.6 Å². The third-order valence-corrected chi connectivity index (χ3v) is 5.09. The van der Waals surface area contributed by atoms with Gasteiger partial charge in [0.05, 0.1) is 11.7 Å². The zero-order valence-electron chi connectivity index (χ0n) is 15.3. The van der Waals surface area contributed by atoms with Gasteiger partial charge in [-0.05, 0) is 37.9 Å². The fourth-order valence-corrected chi connectivity index (χ4v) is 3.80. The van der Waals surface area contributed by atoms with Gasteiger partial charge < -0.3 is 15.1 Å². The Labute approximate surface area is 153 Å². The summed E-state index contributed by atoms with van der Waals surface area (Å²) in [6, 6.07) is -0.132. The zero-order valence-corrected chi connectivity index (χ0v) is 15.3. The maximum absolute atomic E-state index is 12.9. The van der Waals surface area contributed by atoms with Crippen LogP contribution in [0.5, 0.6) is 0 Å². The van der Waals surface area contributed by atoms with Crippen LogP contribution >= 0.6 is 0 Å². The molecule has 1 aliphatic carbocycles. The van der Waals surface area contributed by atoms with Gasteiger partial charge in [0.1, 0.15) is 6.04 Å². The topological polar surface area (TPSA) is 60.3 Å². The highest BCUT2D eigenvalue weighted by Gasteiger charge is 2.40. The van der Waals surface area contributed by atoms with Crippen LogP contribution in [0.2, 0.25) is 0 Å². The average molecular weight is 349 g/mol. The number of likely N-dealkylation sites (N-methyl/N-ethyl adjacent to an activating group) is 2. The number of nitrogens with zero attached hydrogens (tertiary/aromatic N) is 4. The highest BCUT2D eigenvalue weighted by molar-refractivity contribution is 5.99. The maximum Gasteiger partial charge on any atom is 0.249 e. The van der Waals surface area contributed by atoms with Crippen LogP contribution in [0.4, 0.5) is 0 Å². The first-order chi connectivity index (χ1) is 12.6.